The third-order valence-corrected chi connectivity index (χ3v) is 5.79. The van der Waals surface area contributed by atoms with Gasteiger partial charge < -0.3 is 9.64 Å². The zero-order valence-electron chi connectivity index (χ0n) is 16.2. The van der Waals surface area contributed by atoms with Crippen molar-refractivity contribution in [3.05, 3.63) is 48.2 Å². The number of aromatic nitrogens is 2. The van der Waals surface area contributed by atoms with E-state index in [9.17, 15) is 4.79 Å². The van der Waals surface area contributed by atoms with Gasteiger partial charge in [-0.2, -0.15) is 5.10 Å². The molecule has 1 unspecified atom stereocenters. The molecule has 2 aliphatic rings. The number of rotatable bonds is 4. The first kappa shape index (κ1) is 18.2. The van der Waals surface area contributed by atoms with Crippen molar-refractivity contribution in [3.63, 3.8) is 0 Å². The zero-order chi connectivity index (χ0) is 18.9. The number of anilines is 1. The molecule has 0 aliphatic carbocycles. The third-order valence-electron chi connectivity index (χ3n) is 5.79. The molecule has 1 spiro atoms. The van der Waals surface area contributed by atoms with E-state index in [1.54, 1.807) is 4.68 Å². The maximum absolute atomic E-state index is 12.6. The van der Waals surface area contributed by atoms with Crippen LogP contribution in [0.25, 0.3) is 0 Å². The standard InChI is InChI=1S/C21H28N4O2/c1-17-20(26)25(19-9-12-23(2)22-19)16-21(27-17)10-14-24(15-11-21)13-8-18-6-4-3-5-7-18/h3-7,9,12,17H,8,10-11,13-16H2,1-2H3. The van der Waals surface area contributed by atoms with Gasteiger partial charge in [0.1, 0.15) is 6.10 Å². The van der Waals surface area contributed by atoms with Crippen LogP contribution in [-0.2, 0) is 23.0 Å². The molecule has 27 heavy (non-hydrogen) atoms. The second kappa shape index (κ2) is 7.44. The molecule has 0 saturated carbocycles. The van der Waals surface area contributed by atoms with E-state index >= 15 is 0 Å². The van der Waals surface area contributed by atoms with E-state index in [0.717, 1.165) is 44.7 Å². The molecule has 144 valence electrons. The van der Waals surface area contributed by atoms with Crippen molar-refractivity contribution < 1.29 is 9.53 Å². The number of hydrogen-bond donors (Lipinski definition) is 0. The molecular weight excluding hydrogens is 340 g/mol. The van der Waals surface area contributed by atoms with E-state index in [1.807, 2.05) is 31.1 Å². The van der Waals surface area contributed by atoms with Gasteiger partial charge in [-0.15, -0.1) is 0 Å². The number of carbonyl (C=O) groups excluding carboxylic acids is 1. The molecule has 1 amide bonds. The van der Waals surface area contributed by atoms with Crippen LogP contribution in [-0.4, -0.2) is 58.5 Å². The summed E-state index contributed by atoms with van der Waals surface area (Å²) in [7, 11) is 1.87. The minimum absolute atomic E-state index is 0.00540. The van der Waals surface area contributed by atoms with Crippen molar-refractivity contribution in [2.24, 2.45) is 7.05 Å². The van der Waals surface area contributed by atoms with E-state index in [4.69, 9.17) is 4.74 Å². The Balaban J connectivity index is 1.38. The number of piperidine rings is 1. The fourth-order valence-electron chi connectivity index (χ4n) is 4.18. The van der Waals surface area contributed by atoms with Crippen molar-refractivity contribution in [1.29, 1.82) is 0 Å². The highest BCUT2D eigenvalue weighted by atomic mass is 16.5. The largest absolute Gasteiger partial charge is 0.360 e. The van der Waals surface area contributed by atoms with Gasteiger partial charge in [-0.1, -0.05) is 30.3 Å². The minimum Gasteiger partial charge on any atom is -0.360 e. The first-order valence-corrected chi connectivity index (χ1v) is 9.80. The SMILES string of the molecule is CC1OC2(CCN(CCc3ccccc3)CC2)CN(c2ccn(C)n2)C1=O. The van der Waals surface area contributed by atoms with Crippen LogP contribution < -0.4 is 4.90 Å². The van der Waals surface area contributed by atoms with Crippen LogP contribution in [0.4, 0.5) is 5.82 Å². The third kappa shape index (κ3) is 3.92. The Bertz CT molecular complexity index is 780. The zero-order valence-corrected chi connectivity index (χ0v) is 16.2. The van der Waals surface area contributed by atoms with Crippen LogP contribution in [0.2, 0.25) is 0 Å². The van der Waals surface area contributed by atoms with Crippen LogP contribution in [0.3, 0.4) is 0 Å². The van der Waals surface area contributed by atoms with E-state index in [2.05, 4.69) is 40.3 Å². The molecule has 0 radical (unpaired) electrons. The first-order chi connectivity index (χ1) is 13.0. The Morgan fingerprint density at radius 2 is 1.93 bits per heavy atom. The van der Waals surface area contributed by atoms with Crippen LogP contribution in [0, 0.1) is 0 Å². The second-order valence-electron chi connectivity index (χ2n) is 7.79. The number of ether oxygens (including phenoxy) is 1. The van der Waals surface area contributed by atoms with Gasteiger partial charge in [0.05, 0.1) is 12.1 Å². The van der Waals surface area contributed by atoms with Crippen molar-refractivity contribution >= 4 is 11.7 Å². The monoisotopic (exact) mass is 368 g/mol. The van der Waals surface area contributed by atoms with E-state index in [-0.39, 0.29) is 11.5 Å². The van der Waals surface area contributed by atoms with Crippen molar-refractivity contribution in [1.82, 2.24) is 14.7 Å². The van der Waals surface area contributed by atoms with Gasteiger partial charge in [0.2, 0.25) is 0 Å². The molecule has 6 nitrogen and oxygen atoms in total. The summed E-state index contributed by atoms with van der Waals surface area (Å²) >= 11 is 0. The Morgan fingerprint density at radius 1 is 1.19 bits per heavy atom. The molecule has 1 aromatic heterocycles. The fraction of sp³-hybridized carbons (Fsp3) is 0.524. The predicted octanol–water partition coefficient (Wildman–Crippen LogP) is 2.25. The first-order valence-electron chi connectivity index (χ1n) is 9.80. The van der Waals surface area contributed by atoms with Gasteiger partial charge in [-0.25, -0.2) is 0 Å². The lowest BCUT2D eigenvalue weighted by atomic mass is 9.88. The maximum Gasteiger partial charge on any atom is 0.257 e. The molecule has 0 bridgehead atoms. The lowest BCUT2D eigenvalue weighted by molar-refractivity contribution is -0.161. The average molecular weight is 368 g/mol. The second-order valence-corrected chi connectivity index (χ2v) is 7.79. The average Bonchev–Trinajstić information content (AvgIpc) is 3.11. The summed E-state index contributed by atoms with van der Waals surface area (Å²) in [6.07, 6.45) is 4.42. The van der Waals surface area contributed by atoms with E-state index in [1.165, 1.54) is 5.56 Å². The highest BCUT2D eigenvalue weighted by Gasteiger charge is 2.46. The smallest absolute Gasteiger partial charge is 0.257 e. The molecule has 0 N–H and O–H groups in total. The molecule has 2 aliphatic heterocycles. The van der Waals surface area contributed by atoms with Crippen molar-refractivity contribution in [2.45, 2.75) is 37.9 Å². The summed E-state index contributed by atoms with van der Waals surface area (Å²) in [6, 6.07) is 12.5. The number of nitrogens with zero attached hydrogens (tertiary/aromatic N) is 4. The van der Waals surface area contributed by atoms with Gasteiger partial charge >= 0.3 is 0 Å². The normalized spacial score (nSPS) is 23.1. The number of hydrogen-bond acceptors (Lipinski definition) is 4. The van der Waals surface area contributed by atoms with Crippen molar-refractivity contribution in [2.75, 3.05) is 31.1 Å². The number of likely N-dealkylation sites (tertiary alicyclic amines) is 1. The van der Waals surface area contributed by atoms with Crippen LogP contribution in [0.15, 0.2) is 42.6 Å². The minimum atomic E-state index is -0.420. The number of aryl methyl sites for hydroxylation is 1. The van der Waals surface area contributed by atoms with Crippen molar-refractivity contribution in [3.8, 4) is 0 Å². The van der Waals surface area contributed by atoms with Gasteiger partial charge in [0, 0.05) is 38.9 Å². The lowest BCUT2D eigenvalue weighted by Crippen LogP contribution is -2.61. The van der Waals surface area contributed by atoms with Crippen LogP contribution >= 0.6 is 0 Å². The van der Waals surface area contributed by atoms with Gasteiger partial charge in [-0.05, 0) is 31.7 Å². The summed E-state index contributed by atoms with van der Waals surface area (Å²) < 4.78 is 7.98. The van der Waals surface area contributed by atoms with Gasteiger partial charge in [-0.3, -0.25) is 14.4 Å². The molecule has 3 heterocycles. The topological polar surface area (TPSA) is 50.6 Å². The predicted molar refractivity (Wildman–Crippen MR) is 105 cm³/mol. The molecule has 2 saturated heterocycles. The molecule has 2 aromatic rings. The van der Waals surface area contributed by atoms with E-state index < -0.39 is 6.10 Å². The molecular formula is C21H28N4O2. The number of amides is 1. The molecule has 6 heteroatoms. The molecule has 2 fully saturated rings. The van der Waals surface area contributed by atoms with Crippen LogP contribution in [0.1, 0.15) is 25.3 Å². The van der Waals surface area contributed by atoms with Gasteiger partial charge in [0.25, 0.3) is 5.91 Å². The highest BCUT2D eigenvalue weighted by molar-refractivity contribution is 5.96. The Morgan fingerprint density at radius 3 is 2.59 bits per heavy atom. The number of carbonyl (C=O) groups is 1. The number of morpholine rings is 1. The Labute approximate surface area is 160 Å². The Kier molecular flexibility index (Phi) is 5.02. The van der Waals surface area contributed by atoms with E-state index in [0.29, 0.717) is 6.54 Å². The fourth-order valence-corrected chi connectivity index (χ4v) is 4.18. The molecule has 1 atom stereocenters. The molecule has 1 aromatic carbocycles. The lowest BCUT2D eigenvalue weighted by Gasteiger charge is -2.48. The maximum atomic E-state index is 12.6. The number of benzene rings is 1. The summed E-state index contributed by atoms with van der Waals surface area (Å²) in [5.74, 6) is 0.731. The summed E-state index contributed by atoms with van der Waals surface area (Å²) in [4.78, 5) is 16.9. The summed E-state index contributed by atoms with van der Waals surface area (Å²) in [5, 5.41) is 4.43. The highest BCUT2D eigenvalue weighted by Crippen LogP contribution is 2.34. The van der Waals surface area contributed by atoms with Crippen LogP contribution in [0.5, 0.6) is 0 Å². The quantitative estimate of drug-likeness (QED) is 0.831. The Hall–Kier alpha value is -2.18. The molecule has 4 rings (SSSR count). The summed E-state index contributed by atoms with van der Waals surface area (Å²) in [5.41, 5.74) is 1.13. The summed E-state index contributed by atoms with van der Waals surface area (Å²) in [6.45, 7) is 5.53. The van der Waals surface area contributed by atoms with Gasteiger partial charge in [0.15, 0.2) is 5.82 Å².